The topological polar surface area (TPSA) is 218 Å². The first kappa shape index (κ1) is 48.4. The van der Waals surface area contributed by atoms with Crippen molar-refractivity contribution in [3.8, 4) is 0 Å². The molecule has 0 spiro atoms. The molecule has 0 aliphatic carbocycles. The van der Waals surface area contributed by atoms with Gasteiger partial charge in [-0.3, -0.25) is 0 Å². The van der Waals surface area contributed by atoms with Gasteiger partial charge in [0.2, 0.25) is 0 Å². The number of aliphatic hydroxyl groups is 3. The fourth-order valence-electron chi connectivity index (χ4n) is 5.56. The molecule has 2 saturated heterocycles. The maximum absolute atomic E-state index is 14.1. The molecule has 5 unspecified atom stereocenters. The molecule has 15 nitrogen and oxygen atoms in total. The van der Waals surface area contributed by atoms with Gasteiger partial charge in [-0.05, 0) is 0 Å². The fourth-order valence-corrected chi connectivity index (χ4v) is 20.6. The molecule has 2 aliphatic heterocycles. The first-order valence-corrected chi connectivity index (χ1v) is 30.2. The second-order valence-corrected chi connectivity index (χ2v) is 31.0. The molecule has 54 heavy (non-hydrogen) atoms. The van der Waals surface area contributed by atoms with E-state index in [1.165, 1.54) is 27.7 Å². The van der Waals surface area contributed by atoms with Gasteiger partial charge in [0.15, 0.2) is 0 Å². The predicted molar refractivity (Wildman–Crippen MR) is 198 cm³/mol. The van der Waals surface area contributed by atoms with E-state index in [2.05, 4.69) is 13.8 Å². The Kier molecular flexibility index (Phi) is 16.4. The van der Waals surface area contributed by atoms with Crippen LogP contribution in [0.4, 0.5) is 0 Å². The van der Waals surface area contributed by atoms with E-state index in [-0.39, 0.29) is 8.87 Å². The van der Waals surface area contributed by atoms with Crippen molar-refractivity contribution in [2.75, 3.05) is 0 Å². The van der Waals surface area contributed by atoms with Crippen molar-refractivity contribution in [3.63, 3.8) is 0 Å². The van der Waals surface area contributed by atoms with Crippen LogP contribution in [0.2, 0.25) is 8.87 Å². The third-order valence-corrected chi connectivity index (χ3v) is 25.6. The molecule has 5 atom stereocenters. The van der Waals surface area contributed by atoms with Crippen LogP contribution in [-0.2, 0) is 47.2 Å². The quantitative estimate of drug-likeness (QED) is 0.112. The number of unbranched alkanes of at least 4 members (excludes halogenated alkanes) is 10. The summed E-state index contributed by atoms with van der Waals surface area (Å²) in [5, 5.41) is 34.0. The van der Waals surface area contributed by atoms with Crippen LogP contribution in [0, 0.1) is 16.2 Å². The molecule has 17 heteroatoms. The Bertz CT molecular complexity index is 1240. The van der Waals surface area contributed by atoms with Gasteiger partial charge in [0.25, 0.3) is 0 Å². The van der Waals surface area contributed by atoms with Gasteiger partial charge in [0.05, 0.1) is 0 Å². The Hall–Kier alpha value is -1.70. The van der Waals surface area contributed by atoms with Gasteiger partial charge in [-0.1, -0.05) is 0 Å². The van der Waals surface area contributed by atoms with E-state index in [0.29, 0.717) is 25.7 Å². The molecule has 0 aromatic heterocycles. The standard InChI is InChI=1S/2C8H17.3C7H12O5.2Sn/c2*1-3-5-7-8-6-4-2;3*1-6(2,4(8)9)7(3,12)5(10)11;;/h2*1,3-8H2,2H3;3*12H,1-3H3,(H,8,9)(H,10,11);;/q;;;;;2*+3/p-6. The monoisotopic (exact) mass is 988 g/mol. The third-order valence-electron chi connectivity index (χ3n) is 11.5. The van der Waals surface area contributed by atoms with E-state index in [1.54, 1.807) is 0 Å². The molecule has 3 N–H and O–H groups in total. The van der Waals surface area contributed by atoms with Gasteiger partial charge >= 0.3 is 333 Å². The molecule has 0 bridgehead atoms. The van der Waals surface area contributed by atoms with Crippen LogP contribution in [0.5, 0.6) is 0 Å². The van der Waals surface area contributed by atoms with Crippen LogP contribution in [0.25, 0.3) is 0 Å². The van der Waals surface area contributed by atoms with E-state index in [9.17, 15) is 44.1 Å². The Balaban J connectivity index is 2.50. The van der Waals surface area contributed by atoms with Crippen molar-refractivity contribution in [3.05, 3.63) is 0 Å². The zero-order valence-electron chi connectivity index (χ0n) is 34.1. The minimum atomic E-state index is -5.73. The summed E-state index contributed by atoms with van der Waals surface area (Å²) in [6, 6.07) is 0. The van der Waals surface area contributed by atoms with Gasteiger partial charge in [0, 0.05) is 0 Å². The SMILES string of the molecule is CCCCCCC[CH2][Sn]1([O]C(=O)C(C)(C)C(C)(O)C(=O)[O][Sn]2([CH2]CCCCCCC)[O]C(=O)C(C)(C)C(C)(O)C(=O)[O]2)[O]C(=O)C(C)(C)C(C)(O)C(=O)[O]1. The fraction of sp³-hybridized carbons (Fsp3) is 0.838. The molecule has 2 fully saturated rings. The average Bonchev–Trinajstić information content (AvgIpc) is 3.14. The van der Waals surface area contributed by atoms with Crippen LogP contribution in [-0.4, -0.2) is 107 Å². The van der Waals surface area contributed by atoms with Crippen LogP contribution >= 0.6 is 0 Å². The Labute approximate surface area is 330 Å². The van der Waals surface area contributed by atoms with Crippen molar-refractivity contribution < 1.29 is 62.5 Å². The molecule has 2 aliphatic rings. The molecular formula is C37H64O15Sn2. The summed E-state index contributed by atoms with van der Waals surface area (Å²) in [6.07, 6.45) is 9.42. The second-order valence-electron chi connectivity index (χ2n) is 16.8. The van der Waals surface area contributed by atoms with E-state index in [0.717, 1.165) is 86.0 Å². The second kappa shape index (κ2) is 18.3. The normalized spacial score (nSPS) is 29.4. The van der Waals surface area contributed by atoms with Gasteiger partial charge in [-0.2, -0.15) is 0 Å². The molecule has 0 radical (unpaired) electrons. The molecule has 2 rings (SSSR count). The first-order chi connectivity index (χ1) is 24.6. The number of hydrogen-bond donors (Lipinski definition) is 3. The number of carbonyl (C=O) groups is 6. The molecule has 0 amide bonds. The summed E-state index contributed by atoms with van der Waals surface area (Å²) in [6.45, 7) is 14.8. The molecule has 0 aromatic carbocycles. The minimum absolute atomic E-state index is 0.113. The molecule has 0 aromatic rings. The van der Waals surface area contributed by atoms with Crippen LogP contribution < -0.4 is 0 Å². The Morgan fingerprint density at radius 2 is 0.852 bits per heavy atom. The average molecular weight is 986 g/mol. The summed E-state index contributed by atoms with van der Waals surface area (Å²) in [5.41, 5.74) is -13.3. The van der Waals surface area contributed by atoms with Gasteiger partial charge in [0.1, 0.15) is 0 Å². The Morgan fingerprint density at radius 1 is 0.556 bits per heavy atom. The first-order valence-electron chi connectivity index (χ1n) is 19.2. The summed E-state index contributed by atoms with van der Waals surface area (Å²) >= 11 is -11.4. The van der Waals surface area contributed by atoms with E-state index < -0.39 is 108 Å². The Morgan fingerprint density at radius 3 is 1.20 bits per heavy atom. The molecule has 0 saturated carbocycles. The molecular weight excluding hydrogens is 922 g/mol. The van der Waals surface area contributed by atoms with E-state index in [4.69, 9.17) is 18.4 Å². The van der Waals surface area contributed by atoms with Crippen molar-refractivity contribution in [2.24, 2.45) is 16.2 Å². The zero-order valence-corrected chi connectivity index (χ0v) is 39.8. The van der Waals surface area contributed by atoms with E-state index in [1.807, 2.05) is 0 Å². The predicted octanol–water partition coefficient (Wildman–Crippen LogP) is 5.20. The maximum atomic E-state index is 14.1. The van der Waals surface area contributed by atoms with Crippen LogP contribution in [0.15, 0.2) is 0 Å². The van der Waals surface area contributed by atoms with E-state index >= 15 is 0 Å². The van der Waals surface area contributed by atoms with Crippen molar-refractivity contribution >= 4 is 75.1 Å². The van der Waals surface area contributed by atoms with Gasteiger partial charge in [-0.25, -0.2) is 0 Å². The number of hydrogen-bond acceptors (Lipinski definition) is 15. The van der Waals surface area contributed by atoms with Crippen molar-refractivity contribution in [2.45, 2.75) is 179 Å². The molecule has 2 heterocycles. The number of rotatable bonds is 19. The summed E-state index contributed by atoms with van der Waals surface area (Å²) < 4.78 is 34.3. The van der Waals surface area contributed by atoms with Crippen LogP contribution in [0.1, 0.15) is 153 Å². The number of carbonyl (C=O) groups excluding carboxylic acids is 6. The third kappa shape index (κ3) is 10.2. The summed E-state index contributed by atoms with van der Waals surface area (Å²) in [5.74, 6) is -7.23. The van der Waals surface area contributed by atoms with Gasteiger partial charge in [-0.15, -0.1) is 0 Å². The van der Waals surface area contributed by atoms with Crippen molar-refractivity contribution in [1.29, 1.82) is 0 Å². The van der Waals surface area contributed by atoms with Gasteiger partial charge < -0.3 is 0 Å². The van der Waals surface area contributed by atoms with Crippen molar-refractivity contribution in [1.82, 2.24) is 0 Å². The zero-order chi connectivity index (χ0) is 41.6. The summed E-state index contributed by atoms with van der Waals surface area (Å²) in [7, 11) is 0. The summed E-state index contributed by atoms with van der Waals surface area (Å²) in [4.78, 5) is 81.8. The molecule has 310 valence electrons. The van der Waals surface area contributed by atoms with Crippen LogP contribution in [0.3, 0.4) is 0 Å².